The van der Waals surface area contributed by atoms with Gasteiger partial charge >= 0.3 is 5.97 Å². The molecule has 104 valence electrons. The molecule has 0 aliphatic carbocycles. The van der Waals surface area contributed by atoms with Crippen molar-refractivity contribution in [1.29, 1.82) is 0 Å². The van der Waals surface area contributed by atoms with Gasteiger partial charge in [-0.3, -0.25) is 9.59 Å². The van der Waals surface area contributed by atoms with Gasteiger partial charge in [0, 0.05) is 5.56 Å². The molecule has 0 aromatic heterocycles. The standard InChI is InChI=1S/C14H19NO4/c1-4-19-13(16)9-12(15-2)14(17)10-5-7-11(18-3)8-6-10/h5-8,12,15H,4,9H2,1-3H3. The van der Waals surface area contributed by atoms with Crippen LogP contribution >= 0.6 is 0 Å². The third-order valence-electron chi connectivity index (χ3n) is 2.72. The first-order chi connectivity index (χ1) is 9.12. The second kappa shape index (κ2) is 7.53. The number of benzene rings is 1. The van der Waals surface area contributed by atoms with Gasteiger partial charge in [0.2, 0.25) is 0 Å². The largest absolute Gasteiger partial charge is 0.497 e. The van der Waals surface area contributed by atoms with Crippen LogP contribution in [0.2, 0.25) is 0 Å². The number of ether oxygens (including phenoxy) is 2. The topological polar surface area (TPSA) is 64.6 Å². The van der Waals surface area contributed by atoms with E-state index in [1.54, 1.807) is 45.3 Å². The number of ketones is 1. The van der Waals surface area contributed by atoms with Gasteiger partial charge in [0.15, 0.2) is 5.78 Å². The van der Waals surface area contributed by atoms with E-state index in [2.05, 4.69) is 5.32 Å². The van der Waals surface area contributed by atoms with Crippen molar-refractivity contribution in [3.63, 3.8) is 0 Å². The third kappa shape index (κ3) is 4.37. The van der Waals surface area contributed by atoms with Gasteiger partial charge in [-0.25, -0.2) is 0 Å². The average Bonchev–Trinajstić information content (AvgIpc) is 2.44. The lowest BCUT2D eigenvalue weighted by Crippen LogP contribution is -2.36. The first-order valence-corrected chi connectivity index (χ1v) is 6.13. The van der Waals surface area contributed by atoms with Gasteiger partial charge in [0.25, 0.3) is 0 Å². The van der Waals surface area contributed by atoms with Crippen LogP contribution in [0.4, 0.5) is 0 Å². The van der Waals surface area contributed by atoms with E-state index in [1.807, 2.05) is 0 Å². The Hall–Kier alpha value is -1.88. The number of esters is 1. The molecule has 1 rings (SSSR count). The number of carbonyl (C=O) groups is 2. The molecule has 5 heteroatoms. The highest BCUT2D eigenvalue weighted by atomic mass is 16.5. The molecule has 0 heterocycles. The highest BCUT2D eigenvalue weighted by Gasteiger charge is 2.22. The van der Waals surface area contributed by atoms with Crippen LogP contribution in [0.5, 0.6) is 5.75 Å². The van der Waals surface area contributed by atoms with E-state index < -0.39 is 6.04 Å². The summed E-state index contributed by atoms with van der Waals surface area (Å²) in [5.74, 6) is 0.157. The Morgan fingerprint density at radius 3 is 2.37 bits per heavy atom. The van der Waals surface area contributed by atoms with Crippen molar-refractivity contribution in [3.05, 3.63) is 29.8 Å². The molecule has 0 amide bonds. The maximum Gasteiger partial charge on any atom is 0.307 e. The summed E-state index contributed by atoms with van der Waals surface area (Å²) in [6.07, 6.45) is 0.0230. The summed E-state index contributed by atoms with van der Waals surface area (Å²) in [6.45, 7) is 2.05. The number of likely N-dealkylation sites (N-methyl/N-ethyl adjacent to an activating group) is 1. The van der Waals surface area contributed by atoms with E-state index in [4.69, 9.17) is 9.47 Å². The molecule has 19 heavy (non-hydrogen) atoms. The summed E-state index contributed by atoms with van der Waals surface area (Å²) in [5.41, 5.74) is 0.532. The Morgan fingerprint density at radius 2 is 1.89 bits per heavy atom. The van der Waals surface area contributed by atoms with E-state index >= 15 is 0 Å². The fourth-order valence-corrected chi connectivity index (χ4v) is 1.67. The molecule has 1 aromatic rings. The number of methoxy groups -OCH3 is 1. The quantitative estimate of drug-likeness (QED) is 0.596. The van der Waals surface area contributed by atoms with Crippen molar-refractivity contribution in [2.75, 3.05) is 20.8 Å². The lowest BCUT2D eigenvalue weighted by molar-refractivity contribution is -0.143. The lowest BCUT2D eigenvalue weighted by atomic mass is 10.0. The Bertz CT molecular complexity index is 428. The van der Waals surface area contributed by atoms with Gasteiger partial charge in [-0.2, -0.15) is 0 Å². The normalized spacial score (nSPS) is 11.7. The molecule has 1 N–H and O–H groups in total. The van der Waals surface area contributed by atoms with Crippen LogP contribution in [0, 0.1) is 0 Å². The van der Waals surface area contributed by atoms with Crippen LogP contribution in [0.1, 0.15) is 23.7 Å². The molecule has 0 saturated carbocycles. The monoisotopic (exact) mass is 265 g/mol. The van der Waals surface area contributed by atoms with Crippen LogP contribution in [0.25, 0.3) is 0 Å². The van der Waals surface area contributed by atoms with Crippen molar-refractivity contribution < 1.29 is 19.1 Å². The summed E-state index contributed by atoms with van der Waals surface area (Å²) >= 11 is 0. The summed E-state index contributed by atoms with van der Waals surface area (Å²) in [4.78, 5) is 23.6. The molecule has 0 radical (unpaired) electrons. The Labute approximate surface area is 112 Å². The molecule has 5 nitrogen and oxygen atoms in total. The van der Waals surface area contributed by atoms with Crippen LogP contribution in [0.3, 0.4) is 0 Å². The molecule has 1 aromatic carbocycles. The van der Waals surface area contributed by atoms with E-state index in [1.165, 1.54) is 0 Å². The number of rotatable bonds is 7. The molecule has 1 atom stereocenters. The zero-order valence-corrected chi connectivity index (χ0v) is 11.4. The molecule has 0 bridgehead atoms. The van der Waals surface area contributed by atoms with Crippen LogP contribution in [-0.2, 0) is 9.53 Å². The number of hydrogen-bond donors (Lipinski definition) is 1. The number of hydrogen-bond acceptors (Lipinski definition) is 5. The Balaban J connectivity index is 2.74. The van der Waals surface area contributed by atoms with Crippen molar-refractivity contribution in [1.82, 2.24) is 5.32 Å². The van der Waals surface area contributed by atoms with E-state index in [0.29, 0.717) is 17.9 Å². The molecule has 0 aliphatic rings. The molecule has 0 saturated heterocycles. The first-order valence-electron chi connectivity index (χ1n) is 6.13. The Kier molecular flexibility index (Phi) is 6.02. The fraction of sp³-hybridized carbons (Fsp3) is 0.429. The van der Waals surface area contributed by atoms with E-state index in [0.717, 1.165) is 0 Å². The minimum Gasteiger partial charge on any atom is -0.497 e. The molecular formula is C14H19NO4. The summed E-state index contributed by atoms with van der Waals surface area (Å²) < 4.78 is 9.88. The average molecular weight is 265 g/mol. The van der Waals surface area contributed by atoms with E-state index in [-0.39, 0.29) is 18.2 Å². The van der Waals surface area contributed by atoms with Gasteiger partial charge in [-0.05, 0) is 38.2 Å². The minimum absolute atomic E-state index is 0.0230. The summed E-state index contributed by atoms with van der Waals surface area (Å²) in [5, 5.41) is 2.84. The SMILES string of the molecule is CCOC(=O)CC(NC)C(=O)c1ccc(OC)cc1. The van der Waals surface area contributed by atoms with Gasteiger partial charge in [-0.1, -0.05) is 0 Å². The van der Waals surface area contributed by atoms with Crippen molar-refractivity contribution in [2.45, 2.75) is 19.4 Å². The molecule has 0 aliphatic heterocycles. The number of carbonyl (C=O) groups excluding carboxylic acids is 2. The number of Topliss-reactive ketones (excluding diaryl/α,β-unsaturated/α-hetero) is 1. The summed E-state index contributed by atoms with van der Waals surface area (Å²) in [7, 11) is 3.21. The second-order valence-corrected chi connectivity index (χ2v) is 3.94. The minimum atomic E-state index is -0.576. The molecule has 1 unspecified atom stereocenters. The third-order valence-corrected chi connectivity index (χ3v) is 2.72. The Morgan fingerprint density at radius 1 is 1.26 bits per heavy atom. The molecular weight excluding hydrogens is 246 g/mol. The van der Waals surface area contributed by atoms with Crippen LogP contribution in [-0.4, -0.2) is 38.6 Å². The molecule has 0 fully saturated rings. The number of nitrogens with one attached hydrogen (secondary N) is 1. The maximum atomic E-state index is 12.2. The van der Waals surface area contributed by atoms with Gasteiger partial charge in [0.1, 0.15) is 5.75 Å². The maximum absolute atomic E-state index is 12.2. The second-order valence-electron chi connectivity index (χ2n) is 3.94. The predicted molar refractivity (Wildman–Crippen MR) is 71.4 cm³/mol. The molecule has 0 spiro atoms. The predicted octanol–water partition coefficient (Wildman–Crippen LogP) is 1.42. The van der Waals surface area contributed by atoms with Crippen molar-refractivity contribution in [3.8, 4) is 5.75 Å². The van der Waals surface area contributed by atoms with Crippen LogP contribution < -0.4 is 10.1 Å². The summed E-state index contributed by atoms with van der Waals surface area (Å²) in [6, 6.07) is 6.20. The highest BCUT2D eigenvalue weighted by molar-refractivity contribution is 6.01. The van der Waals surface area contributed by atoms with Crippen molar-refractivity contribution in [2.24, 2.45) is 0 Å². The van der Waals surface area contributed by atoms with E-state index in [9.17, 15) is 9.59 Å². The highest BCUT2D eigenvalue weighted by Crippen LogP contribution is 2.13. The van der Waals surface area contributed by atoms with Gasteiger partial charge in [0.05, 0.1) is 26.2 Å². The zero-order valence-electron chi connectivity index (χ0n) is 11.4. The zero-order chi connectivity index (χ0) is 14.3. The van der Waals surface area contributed by atoms with Gasteiger partial charge in [-0.15, -0.1) is 0 Å². The smallest absolute Gasteiger partial charge is 0.307 e. The van der Waals surface area contributed by atoms with Crippen LogP contribution in [0.15, 0.2) is 24.3 Å². The fourth-order valence-electron chi connectivity index (χ4n) is 1.67. The first kappa shape index (κ1) is 15.2. The van der Waals surface area contributed by atoms with Crippen molar-refractivity contribution >= 4 is 11.8 Å². The van der Waals surface area contributed by atoms with Gasteiger partial charge < -0.3 is 14.8 Å². The lowest BCUT2D eigenvalue weighted by Gasteiger charge is -2.14.